The maximum atomic E-state index is 5.81. The van der Waals surface area contributed by atoms with Crippen molar-refractivity contribution in [1.29, 1.82) is 0 Å². The summed E-state index contributed by atoms with van der Waals surface area (Å²) in [6.45, 7) is 2.53. The van der Waals surface area contributed by atoms with Crippen LogP contribution in [0.2, 0.25) is 0 Å². The molecule has 0 spiro atoms. The minimum Gasteiger partial charge on any atom is -0.481 e. The lowest BCUT2D eigenvalue weighted by Gasteiger charge is -2.11. The van der Waals surface area contributed by atoms with Crippen LogP contribution in [0.4, 0.5) is 0 Å². The molecule has 0 aliphatic heterocycles. The normalized spacial score (nSPS) is 10.3. The largest absolute Gasteiger partial charge is 0.481 e. The van der Waals surface area contributed by atoms with Crippen molar-refractivity contribution in [2.45, 2.75) is 13.5 Å². The molecule has 1 N–H and O–H groups in total. The van der Waals surface area contributed by atoms with E-state index in [9.17, 15) is 0 Å². The van der Waals surface area contributed by atoms with E-state index in [1.165, 1.54) is 0 Å². The maximum Gasteiger partial charge on any atom is 0.226 e. The van der Waals surface area contributed by atoms with Gasteiger partial charge >= 0.3 is 0 Å². The highest BCUT2D eigenvalue weighted by atomic mass is 16.5. The van der Waals surface area contributed by atoms with Crippen molar-refractivity contribution in [1.82, 2.24) is 15.3 Å². The summed E-state index contributed by atoms with van der Waals surface area (Å²) < 4.78 is 10.9. The third kappa shape index (κ3) is 3.42. The molecule has 1 aromatic carbocycles. The van der Waals surface area contributed by atoms with Crippen molar-refractivity contribution < 1.29 is 9.47 Å². The van der Waals surface area contributed by atoms with E-state index in [1.807, 2.05) is 31.3 Å². The van der Waals surface area contributed by atoms with E-state index in [1.54, 1.807) is 20.1 Å². The van der Waals surface area contributed by atoms with Crippen LogP contribution in [0.15, 0.2) is 30.3 Å². The van der Waals surface area contributed by atoms with E-state index in [0.29, 0.717) is 17.6 Å². The van der Waals surface area contributed by atoms with Gasteiger partial charge in [0.25, 0.3) is 0 Å². The highest BCUT2D eigenvalue weighted by Gasteiger charge is 2.07. The van der Waals surface area contributed by atoms with Gasteiger partial charge in [0.1, 0.15) is 11.6 Å². The molecule has 0 aliphatic carbocycles. The Bertz CT molecular complexity index is 558. The molecular weight excluding hydrogens is 242 g/mol. The van der Waals surface area contributed by atoms with E-state index >= 15 is 0 Å². The Balaban J connectivity index is 2.28. The van der Waals surface area contributed by atoms with Crippen LogP contribution in [0, 0.1) is 6.92 Å². The molecule has 0 radical (unpaired) electrons. The zero-order valence-electron chi connectivity index (χ0n) is 11.3. The van der Waals surface area contributed by atoms with Crippen molar-refractivity contribution in [2.75, 3.05) is 14.2 Å². The van der Waals surface area contributed by atoms with Gasteiger partial charge < -0.3 is 14.8 Å². The minimum absolute atomic E-state index is 0.480. The summed E-state index contributed by atoms with van der Waals surface area (Å²) in [6.07, 6.45) is 0. The van der Waals surface area contributed by atoms with Gasteiger partial charge in [-0.3, -0.25) is 0 Å². The number of hydrogen-bond acceptors (Lipinski definition) is 5. The summed E-state index contributed by atoms with van der Waals surface area (Å²) in [5, 5.41) is 3.11. The smallest absolute Gasteiger partial charge is 0.226 e. The van der Waals surface area contributed by atoms with Gasteiger partial charge in [-0.15, -0.1) is 0 Å². The summed E-state index contributed by atoms with van der Waals surface area (Å²) in [5.74, 6) is 2.36. The maximum absolute atomic E-state index is 5.81. The number of rotatable bonds is 5. The molecule has 2 aromatic rings. The third-order valence-corrected chi connectivity index (χ3v) is 2.55. The van der Waals surface area contributed by atoms with Gasteiger partial charge in [-0.25, -0.2) is 0 Å². The van der Waals surface area contributed by atoms with E-state index < -0.39 is 0 Å². The van der Waals surface area contributed by atoms with Crippen LogP contribution < -0.4 is 14.8 Å². The molecule has 5 nitrogen and oxygen atoms in total. The molecule has 0 aliphatic rings. The number of methoxy groups -OCH3 is 1. The van der Waals surface area contributed by atoms with Crippen molar-refractivity contribution in [2.24, 2.45) is 0 Å². The Kier molecular flexibility index (Phi) is 4.30. The Morgan fingerprint density at radius 3 is 2.63 bits per heavy atom. The average Bonchev–Trinajstić information content (AvgIpc) is 2.40. The highest BCUT2D eigenvalue weighted by Crippen LogP contribution is 2.25. The Morgan fingerprint density at radius 2 is 1.89 bits per heavy atom. The zero-order valence-corrected chi connectivity index (χ0v) is 11.3. The molecule has 0 atom stereocenters. The van der Waals surface area contributed by atoms with Crippen LogP contribution in [-0.4, -0.2) is 24.1 Å². The molecular formula is C14H17N3O2. The molecule has 0 saturated heterocycles. The third-order valence-electron chi connectivity index (χ3n) is 2.55. The second-order valence-electron chi connectivity index (χ2n) is 4.04. The molecule has 0 bridgehead atoms. The summed E-state index contributed by atoms with van der Waals surface area (Å²) in [7, 11) is 3.47. The zero-order chi connectivity index (χ0) is 13.7. The SMILES string of the molecule is CNCc1ccccc1Oc1cc(OC)nc(C)n1. The molecule has 0 saturated carbocycles. The predicted molar refractivity (Wildman–Crippen MR) is 72.6 cm³/mol. The second-order valence-corrected chi connectivity index (χ2v) is 4.04. The monoisotopic (exact) mass is 259 g/mol. The van der Waals surface area contributed by atoms with Crippen molar-refractivity contribution in [3.05, 3.63) is 41.7 Å². The lowest BCUT2D eigenvalue weighted by Crippen LogP contribution is -2.06. The van der Waals surface area contributed by atoms with E-state index in [-0.39, 0.29) is 0 Å². The molecule has 100 valence electrons. The molecule has 0 unspecified atom stereocenters. The first-order chi connectivity index (χ1) is 9.22. The Hall–Kier alpha value is -2.14. The molecule has 19 heavy (non-hydrogen) atoms. The summed E-state index contributed by atoms with van der Waals surface area (Å²) in [4.78, 5) is 8.37. The van der Waals surface area contributed by atoms with E-state index in [2.05, 4.69) is 15.3 Å². The second kappa shape index (κ2) is 6.15. The number of ether oxygens (including phenoxy) is 2. The number of benzene rings is 1. The average molecular weight is 259 g/mol. The number of aryl methyl sites for hydroxylation is 1. The molecule has 5 heteroatoms. The van der Waals surface area contributed by atoms with Crippen LogP contribution in [0.5, 0.6) is 17.5 Å². The Morgan fingerprint density at radius 1 is 1.16 bits per heavy atom. The fraction of sp³-hybridized carbons (Fsp3) is 0.286. The van der Waals surface area contributed by atoms with Gasteiger partial charge in [0.15, 0.2) is 0 Å². The molecule has 1 heterocycles. The topological polar surface area (TPSA) is 56.3 Å². The van der Waals surface area contributed by atoms with E-state index in [4.69, 9.17) is 9.47 Å². The van der Waals surface area contributed by atoms with Crippen molar-refractivity contribution >= 4 is 0 Å². The number of para-hydroxylation sites is 1. The molecule has 2 rings (SSSR count). The quantitative estimate of drug-likeness (QED) is 0.893. The van der Waals surface area contributed by atoms with Crippen LogP contribution in [0.1, 0.15) is 11.4 Å². The first kappa shape index (κ1) is 13.3. The van der Waals surface area contributed by atoms with Gasteiger partial charge in [-0.2, -0.15) is 9.97 Å². The molecule has 0 fully saturated rings. The first-order valence-corrected chi connectivity index (χ1v) is 6.03. The number of nitrogens with zero attached hydrogens (tertiary/aromatic N) is 2. The number of hydrogen-bond donors (Lipinski definition) is 1. The molecule has 0 amide bonds. The van der Waals surface area contributed by atoms with Crippen molar-refractivity contribution in [3.63, 3.8) is 0 Å². The first-order valence-electron chi connectivity index (χ1n) is 6.03. The summed E-state index contributed by atoms with van der Waals surface area (Å²) in [6, 6.07) is 9.50. The van der Waals surface area contributed by atoms with Gasteiger partial charge in [0.2, 0.25) is 11.8 Å². The fourth-order valence-corrected chi connectivity index (χ4v) is 1.72. The number of nitrogens with one attached hydrogen (secondary N) is 1. The standard InChI is InChI=1S/C14H17N3O2/c1-10-16-13(18-3)8-14(17-10)19-12-7-5-4-6-11(12)9-15-2/h4-8,15H,9H2,1-3H3. The van der Waals surface area contributed by atoms with Crippen LogP contribution in [0.25, 0.3) is 0 Å². The Labute approximate surface area is 112 Å². The van der Waals surface area contributed by atoms with Crippen LogP contribution >= 0.6 is 0 Å². The van der Waals surface area contributed by atoms with Gasteiger partial charge in [-0.05, 0) is 20.0 Å². The van der Waals surface area contributed by atoms with Crippen LogP contribution in [-0.2, 0) is 6.54 Å². The van der Waals surface area contributed by atoms with Gasteiger partial charge in [0.05, 0.1) is 13.2 Å². The van der Waals surface area contributed by atoms with E-state index in [0.717, 1.165) is 17.9 Å². The lowest BCUT2D eigenvalue weighted by molar-refractivity contribution is 0.385. The lowest BCUT2D eigenvalue weighted by atomic mass is 10.2. The predicted octanol–water partition coefficient (Wildman–Crippen LogP) is 2.31. The van der Waals surface area contributed by atoms with Crippen molar-refractivity contribution in [3.8, 4) is 17.5 Å². The highest BCUT2D eigenvalue weighted by molar-refractivity contribution is 5.36. The van der Waals surface area contributed by atoms with Gasteiger partial charge in [0, 0.05) is 12.1 Å². The number of aromatic nitrogens is 2. The van der Waals surface area contributed by atoms with Crippen LogP contribution in [0.3, 0.4) is 0 Å². The van der Waals surface area contributed by atoms with Gasteiger partial charge in [-0.1, -0.05) is 18.2 Å². The molecule has 1 aromatic heterocycles. The summed E-state index contributed by atoms with van der Waals surface area (Å²) in [5.41, 5.74) is 1.07. The summed E-state index contributed by atoms with van der Waals surface area (Å²) >= 11 is 0. The minimum atomic E-state index is 0.480. The fourth-order valence-electron chi connectivity index (χ4n) is 1.72.